The summed E-state index contributed by atoms with van der Waals surface area (Å²) in [6, 6.07) is 3.75. The number of thiocarbonyl (C=S) groups is 1. The van der Waals surface area contributed by atoms with Gasteiger partial charge in [0.1, 0.15) is 5.76 Å². The molecule has 0 aliphatic rings. The van der Waals surface area contributed by atoms with Crippen molar-refractivity contribution >= 4 is 23.0 Å². The second kappa shape index (κ2) is 5.68. The quantitative estimate of drug-likeness (QED) is 0.830. The molecule has 0 unspecified atom stereocenters. The van der Waals surface area contributed by atoms with Gasteiger partial charge in [-0.1, -0.05) is 0 Å². The number of hydrogen-bond donors (Lipinski definition) is 2. The van der Waals surface area contributed by atoms with Gasteiger partial charge >= 0.3 is 0 Å². The molecule has 0 aliphatic heterocycles. The summed E-state index contributed by atoms with van der Waals surface area (Å²) in [5.74, 6) is 0.847. The second-order valence-corrected chi connectivity index (χ2v) is 4.28. The number of anilines is 1. The van der Waals surface area contributed by atoms with Crippen LogP contribution < -0.4 is 10.6 Å². The van der Waals surface area contributed by atoms with Crippen molar-refractivity contribution in [1.29, 1.82) is 0 Å². The summed E-state index contributed by atoms with van der Waals surface area (Å²) in [5, 5.41) is 11.1. The fourth-order valence-electron chi connectivity index (χ4n) is 1.55. The van der Waals surface area contributed by atoms with E-state index < -0.39 is 0 Å². The molecule has 0 aliphatic carbocycles. The van der Waals surface area contributed by atoms with Crippen LogP contribution in [0, 0.1) is 6.92 Å². The summed E-state index contributed by atoms with van der Waals surface area (Å²) in [7, 11) is 0. The molecule has 0 atom stereocenters. The smallest absolute Gasteiger partial charge is 0.171 e. The molecule has 96 valence electrons. The largest absolute Gasteiger partial charge is 0.467 e. The van der Waals surface area contributed by atoms with E-state index in [9.17, 15) is 0 Å². The fourth-order valence-corrected chi connectivity index (χ4v) is 1.73. The lowest BCUT2D eigenvalue weighted by Gasteiger charge is -2.07. The zero-order chi connectivity index (χ0) is 13.0. The van der Waals surface area contributed by atoms with Crippen LogP contribution in [0.5, 0.6) is 0 Å². The highest BCUT2D eigenvalue weighted by Crippen LogP contribution is 2.12. The first kappa shape index (κ1) is 12.6. The van der Waals surface area contributed by atoms with Gasteiger partial charge in [-0.15, -0.1) is 0 Å². The van der Waals surface area contributed by atoms with E-state index in [4.69, 9.17) is 16.6 Å². The Balaban J connectivity index is 1.88. The molecule has 2 aromatic rings. The van der Waals surface area contributed by atoms with Crippen LogP contribution in [0.1, 0.15) is 18.4 Å². The van der Waals surface area contributed by atoms with Crippen LogP contribution in [0.3, 0.4) is 0 Å². The first-order chi connectivity index (χ1) is 8.69. The topological polar surface area (TPSA) is 55.0 Å². The first-order valence-corrected chi connectivity index (χ1v) is 6.21. The highest BCUT2D eigenvalue weighted by Gasteiger charge is 2.05. The number of nitrogens with zero attached hydrogens (tertiary/aromatic N) is 2. The molecule has 0 radical (unpaired) electrons. The van der Waals surface area contributed by atoms with Crippen LogP contribution in [-0.4, -0.2) is 14.9 Å². The average molecular weight is 264 g/mol. The number of aryl methyl sites for hydroxylation is 2. The Morgan fingerprint density at radius 3 is 3.00 bits per heavy atom. The van der Waals surface area contributed by atoms with E-state index in [1.54, 1.807) is 6.26 Å². The van der Waals surface area contributed by atoms with Crippen LogP contribution >= 0.6 is 12.2 Å². The van der Waals surface area contributed by atoms with Crippen molar-refractivity contribution in [2.24, 2.45) is 0 Å². The van der Waals surface area contributed by atoms with Crippen molar-refractivity contribution in [2.45, 2.75) is 26.9 Å². The van der Waals surface area contributed by atoms with Gasteiger partial charge in [-0.3, -0.25) is 4.68 Å². The Labute approximate surface area is 111 Å². The van der Waals surface area contributed by atoms with E-state index in [2.05, 4.69) is 15.7 Å². The Morgan fingerprint density at radius 2 is 2.39 bits per heavy atom. The maximum atomic E-state index is 5.21. The van der Waals surface area contributed by atoms with E-state index >= 15 is 0 Å². The highest BCUT2D eigenvalue weighted by molar-refractivity contribution is 7.80. The molecule has 5 nitrogen and oxygen atoms in total. The first-order valence-electron chi connectivity index (χ1n) is 5.80. The lowest BCUT2D eigenvalue weighted by Crippen LogP contribution is -2.27. The molecule has 0 saturated heterocycles. The maximum Gasteiger partial charge on any atom is 0.171 e. The van der Waals surface area contributed by atoms with Crippen molar-refractivity contribution in [3.63, 3.8) is 0 Å². The summed E-state index contributed by atoms with van der Waals surface area (Å²) in [4.78, 5) is 0. The Hall–Kier alpha value is -1.82. The minimum absolute atomic E-state index is 0.560. The fraction of sp³-hybridized carbons (Fsp3) is 0.333. The maximum absolute atomic E-state index is 5.21. The van der Waals surface area contributed by atoms with Crippen LogP contribution in [0.2, 0.25) is 0 Å². The predicted octanol–water partition coefficient (Wildman–Crippen LogP) is 2.29. The van der Waals surface area contributed by atoms with Crippen LogP contribution in [0.25, 0.3) is 0 Å². The van der Waals surface area contributed by atoms with Crippen molar-refractivity contribution in [1.82, 2.24) is 15.1 Å². The molecule has 0 amide bonds. The molecule has 0 fully saturated rings. The van der Waals surface area contributed by atoms with Gasteiger partial charge in [-0.25, -0.2) is 0 Å². The minimum Gasteiger partial charge on any atom is -0.467 e. The number of aromatic nitrogens is 2. The third-order valence-electron chi connectivity index (χ3n) is 2.52. The lowest BCUT2D eigenvalue weighted by molar-refractivity contribution is 0.503. The number of nitrogens with one attached hydrogen (secondary N) is 2. The van der Waals surface area contributed by atoms with Crippen molar-refractivity contribution in [3.8, 4) is 0 Å². The molecule has 0 spiro atoms. The third kappa shape index (κ3) is 3.10. The highest BCUT2D eigenvalue weighted by atomic mass is 32.1. The van der Waals surface area contributed by atoms with Crippen LogP contribution in [0.15, 0.2) is 29.0 Å². The SMILES string of the molecule is CCn1cc(NC(=S)NCc2ccco2)c(C)n1. The molecular formula is C12H16N4OS. The van der Waals surface area contributed by atoms with Crippen molar-refractivity contribution in [3.05, 3.63) is 36.0 Å². The van der Waals surface area contributed by atoms with Crippen LogP contribution in [-0.2, 0) is 13.1 Å². The van der Waals surface area contributed by atoms with E-state index in [0.717, 1.165) is 23.7 Å². The van der Waals surface area contributed by atoms with Crippen LogP contribution in [0.4, 0.5) is 5.69 Å². The zero-order valence-corrected chi connectivity index (χ0v) is 11.3. The summed E-state index contributed by atoms with van der Waals surface area (Å²) >= 11 is 5.21. The Kier molecular flexibility index (Phi) is 3.99. The second-order valence-electron chi connectivity index (χ2n) is 3.87. The monoisotopic (exact) mass is 264 g/mol. The molecule has 6 heteroatoms. The minimum atomic E-state index is 0.560. The zero-order valence-electron chi connectivity index (χ0n) is 10.4. The number of furan rings is 1. The van der Waals surface area contributed by atoms with Gasteiger partial charge in [-0.2, -0.15) is 5.10 Å². The van der Waals surface area contributed by atoms with Gasteiger partial charge in [0.25, 0.3) is 0 Å². The predicted molar refractivity (Wildman–Crippen MR) is 74.4 cm³/mol. The summed E-state index contributed by atoms with van der Waals surface area (Å²) in [6.45, 7) is 5.40. The molecule has 2 rings (SSSR count). The molecule has 0 aromatic carbocycles. The van der Waals surface area contributed by atoms with E-state index in [1.807, 2.05) is 36.9 Å². The summed E-state index contributed by atoms with van der Waals surface area (Å²) < 4.78 is 7.08. The summed E-state index contributed by atoms with van der Waals surface area (Å²) in [5.41, 5.74) is 1.85. The van der Waals surface area contributed by atoms with Gasteiger partial charge in [-0.05, 0) is 38.2 Å². The van der Waals surface area contributed by atoms with E-state index in [-0.39, 0.29) is 0 Å². The van der Waals surface area contributed by atoms with Gasteiger partial charge < -0.3 is 15.1 Å². The Morgan fingerprint density at radius 1 is 1.56 bits per heavy atom. The molecule has 2 heterocycles. The van der Waals surface area contributed by atoms with E-state index in [1.165, 1.54) is 0 Å². The Bertz CT molecular complexity index is 518. The standard InChI is InChI=1S/C12H16N4OS/c1-3-16-8-11(9(2)15-16)14-12(18)13-7-10-5-4-6-17-10/h4-6,8H,3,7H2,1-2H3,(H2,13,14,18). The van der Waals surface area contributed by atoms with Gasteiger partial charge in [0.2, 0.25) is 0 Å². The number of rotatable bonds is 4. The molecule has 2 N–H and O–H groups in total. The lowest BCUT2D eigenvalue weighted by atomic mass is 10.4. The molecule has 18 heavy (non-hydrogen) atoms. The third-order valence-corrected chi connectivity index (χ3v) is 2.77. The molecule has 2 aromatic heterocycles. The van der Waals surface area contributed by atoms with E-state index in [0.29, 0.717) is 11.7 Å². The molecule has 0 bridgehead atoms. The molecular weight excluding hydrogens is 248 g/mol. The summed E-state index contributed by atoms with van der Waals surface area (Å²) in [6.07, 6.45) is 3.58. The van der Waals surface area contributed by atoms with Crippen molar-refractivity contribution in [2.75, 3.05) is 5.32 Å². The molecule has 0 saturated carbocycles. The van der Waals surface area contributed by atoms with Crippen molar-refractivity contribution < 1.29 is 4.42 Å². The van der Waals surface area contributed by atoms with Gasteiger partial charge in [0.15, 0.2) is 5.11 Å². The van der Waals surface area contributed by atoms with Gasteiger partial charge in [0, 0.05) is 12.7 Å². The normalized spacial score (nSPS) is 10.3. The number of hydrogen-bond acceptors (Lipinski definition) is 3. The average Bonchev–Trinajstić information content (AvgIpc) is 2.97. The van der Waals surface area contributed by atoms with Gasteiger partial charge in [0.05, 0.1) is 24.2 Å².